The third-order valence-corrected chi connectivity index (χ3v) is 1.34. The van der Waals surface area contributed by atoms with Crippen LogP contribution in [-0.4, -0.2) is 40.2 Å². The van der Waals surface area contributed by atoms with Crippen molar-refractivity contribution in [2.75, 3.05) is 13.1 Å². The summed E-state index contributed by atoms with van der Waals surface area (Å²) in [5.74, 6) is 0. The van der Waals surface area contributed by atoms with Crippen LogP contribution in [-0.2, 0) is 9.68 Å². The molecule has 0 radical (unpaired) electrons. The van der Waals surface area contributed by atoms with Gasteiger partial charge in [-0.2, -0.15) is 9.68 Å². The Kier molecular flexibility index (Phi) is 5.67. The van der Waals surface area contributed by atoms with Gasteiger partial charge in [-0.05, 0) is 13.8 Å². The number of hydrogen-bond donors (Lipinski definition) is 0. The zero-order valence-corrected chi connectivity index (χ0v) is 8.77. The molecule has 0 aromatic heterocycles. The van der Waals surface area contributed by atoms with E-state index in [2.05, 4.69) is 9.68 Å². The van der Waals surface area contributed by atoms with Crippen LogP contribution in [0.4, 0.5) is 0 Å². The molecule has 0 heterocycles. The Labute approximate surface area is 89.9 Å². The summed E-state index contributed by atoms with van der Waals surface area (Å²) in [6.45, 7) is 1.47. The lowest BCUT2D eigenvalue weighted by Gasteiger charge is -2.01. The molecule has 0 bridgehead atoms. The standard InChI is InChI=1S/C6H12N3O7/c1-5(3-7(10)11)15-9(14)16-6(2)4-8(12)13/h5-6H,3-4H2,1-2H3/q+1. The van der Waals surface area contributed by atoms with Crippen LogP contribution in [0.3, 0.4) is 0 Å². The molecule has 0 saturated carbocycles. The van der Waals surface area contributed by atoms with Crippen molar-refractivity contribution in [3.05, 3.63) is 25.1 Å². The van der Waals surface area contributed by atoms with Crippen molar-refractivity contribution in [2.45, 2.75) is 26.1 Å². The Morgan fingerprint density at radius 2 is 1.25 bits per heavy atom. The minimum absolute atomic E-state index is 0.345. The molecule has 0 fully saturated rings. The van der Waals surface area contributed by atoms with Crippen LogP contribution in [0.15, 0.2) is 0 Å². The fourth-order valence-electron chi connectivity index (χ4n) is 0.805. The summed E-state index contributed by atoms with van der Waals surface area (Å²) < 4.78 is 0. The van der Waals surface area contributed by atoms with Gasteiger partial charge in [0.15, 0.2) is 0 Å². The smallest absolute Gasteiger partial charge is 0.264 e. The molecule has 0 aliphatic carbocycles. The molecule has 0 spiro atoms. The maximum Gasteiger partial charge on any atom is 0.478 e. The van der Waals surface area contributed by atoms with E-state index in [1.165, 1.54) is 13.8 Å². The maximum absolute atomic E-state index is 10.9. The third-order valence-electron chi connectivity index (χ3n) is 1.34. The lowest BCUT2D eigenvalue weighted by molar-refractivity contribution is -0.994. The first-order valence-corrected chi connectivity index (χ1v) is 4.35. The van der Waals surface area contributed by atoms with E-state index in [1.54, 1.807) is 0 Å². The highest BCUT2D eigenvalue weighted by Crippen LogP contribution is 1.97. The Hall–Kier alpha value is -2.00. The summed E-state index contributed by atoms with van der Waals surface area (Å²) >= 11 is 0. The molecule has 0 aliphatic rings. The molecule has 0 aromatic carbocycles. The zero-order valence-electron chi connectivity index (χ0n) is 8.77. The minimum atomic E-state index is -0.977. The first-order chi connectivity index (χ1) is 7.31. The van der Waals surface area contributed by atoms with Crippen molar-refractivity contribution >= 4 is 0 Å². The van der Waals surface area contributed by atoms with Gasteiger partial charge in [0.25, 0.3) is 0 Å². The average Bonchev–Trinajstić information content (AvgIpc) is 1.97. The highest BCUT2D eigenvalue weighted by atomic mass is 17.0. The topological polar surface area (TPSA) is 125 Å². The average molecular weight is 238 g/mol. The third kappa shape index (κ3) is 7.41. The van der Waals surface area contributed by atoms with Gasteiger partial charge in [0, 0.05) is 9.85 Å². The van der Waals surface area contributed by atoms with Gasteiger partial charge < -0.3 is 0 Å². The molecule has 0 saturated heterocycles. The van der Waals surface area contributed by atoms with Gasteiger partial charge in [-0.15, -0.1) is 0 Å². The van der Waals surface area contributed by atoms with Crippen molar-refractivity contribution in [2.24, 2.45) is 0 Å². The van der Waals surface area contributed by atoms with Gasteiger partial charge >= 0.3 is 5.09 Å². The Bertz CT molecular complexity index is 255. The molecular weight excluding hydrogens is 226 g/mol. The van der Waals surface area contributed by atoms with Crippen LogP contribution in [0.1, 0.15) is 13.8 Å². The Balaban J connectivity index is 3.89. The lowest BCUT2D eigenvalue weighted by Crippen LogP contribution is -2.29. The molecule has 92 valence electrons. The summed E-state index contributed by atoms with van der Waals surface area (Å²) in [7, 11) is 0. The molecule has 0 rings (SSSR count). The number of nitrogens with zero attached hydrogens (tertiary/aromatic N) is 3. The van der Waals surface area contributed by atoms with E-state index in [1.807, 2.05) is 0 Å². The van der Waals surface area contributed by atoms with E-state index in [4.69, 9.17) is 0 Å². The summed E-state index contributed by atoms with van der Waals surface area (Å²) in [5, 5.41) is 19.7. The van der Waals surface area contributed by atoms with Gasteiger partial charge in [-0.25, -0.2) is 0 Å². The van der Waals surface area contributed by atoms with E-state index in [0.29, 0.717) is 0 Å². The molecule has 0 aromatic rings. The van der Waals surface area contributed by atoms with Crippen molar-refractivity contribution in [1.29, 1.82) is 0 Å². The van der Waals surface area contributed by atoms with Crippen LogP contribution >= 0.6 is 0 Å². The molecular formula is C6H12N3O7+. The van der Waals surface area contributed by atoms with Gasteiger partial charge in [0.1, 0.15) is 4.91 Å². The van der Waals surface area contributed by atoms with Crippen molar-refractivity contribution in [1.82, 2.24) is 0 Å². The molecule has 16 heavy (non-hydrogen) atoms. The summed E-state index contributed by atoms with van der Waals surface area (Å²) in [5.41, 5.74) is 0. The largest absolute Gasteiger partial charge is 0.478 e. The van der Waals surface area contributed by atoms with Gasteiger partial charge in [-0.3, -0.25) is 20.2 Å². The molecule has 10 heteroatoms. The quantitative estimate of drug-likeness (QED) is 0.429. The fourth-order valence-corrected chi connectivity index (χ4v) is 0.805. The zero-order chi connectivity index (χ0) is 12.7. The number of hydrogen-bond acceptors (Lipinski definition) is 7. The second-order valence-corrected chi connectivity index (χ2v) is 3.09. The van der Waals surface area contributed by atoms with Gasteiger partial charge in [-0.1, -0.05) is 0 Å². The van der Waals surface area contributed by atoms with Crippen molar-refractivity contribution in [3.8, 4) is 0 Å². The summed E-state index contributed by atoms with van der Waals surface area (Å²) in [6, 6.07) is 0. The second-order valence-electron chi connectivity index (χ2n) is 3.09. The SMILES string of the molecule is CC(C[N+](=O)[O-])O[N+](=O)OC(C)C[N+](=O)[O-]. The van der Waals surface area contributed by atoms with E-state index in [9.17, 15) is 25.1 Å². The highest BCUT2D eigenvalue weighted by molar-refractivity contribution is 4.41. The van der Waals surface area contributed by atoms with E-state index in [-0.39, 0.29) is 5.09 Å². The predicted octanol–water partition coefficient (Wildman–Crippen LogP) is -0.0411. The molecule has 2 atom stereocenters. The van der Waals surface area contributed by atoms with E-state index < -0.39 is 35.1 Å². The van der Waals surface area contributed by atoms with Crippen molar-refractivity contribution in [3.63, 3.8) is 0 Å². The molecule has 0 amide bonds. The predicted molar refractivity (Wildman–Crippen MR) is 48.4 cm³/mol. The van der Waals surface area contributed by atoms with Crippen LogP contribution in [0.2, 0.25) is 0 Å². The number of nitro groups is 2. The fraction of sp³-hybridized carbons (Fsp3) is 1.00. The van der Waals surface area contributed by atoms with Crippen LogP contribution in [0.25, 0.3) is 0 Å². The molecule has 0 aliphatic heterocycles. The monoisotopic (exact) mass is 238 g/mol. The molecule has 10 nitrogen and oxygen atoms in total. The van der Waals surface area contributed by atoms with Gasteiger partial charge in [0.05, 0.1) is 0 Å². The van der Waals surface area contributed by atoms with E-state index >= 15 is 0 Å². The lowest BCUT2D eigenvalue weighted by atomic mass is 10.4. The minimum Gasteiger partial charge on any atom is -0.264 e. The summed E-state index contributed by atoms with van der Waals surface area (Å²) in [4.78, 5) is 38.4. The second kappa shape index (κ2) is 6.48. The molecule has 2 unspecified atom stereocenters. The normalized spacial score (nSPS) is 13.6. The van der Waals surface area contributed by atoms with E-state index in [0.717, 1.165) is 0 Å². The van der Waals surface area contributed by atoms with Crippen LogP contribution in [0, 0.1) is 25.1 Å². The molecule has 0 N–H and O–H groups in total. The Morgan fingerprint density at radius 1 is 0.938 bits per heavy atom. The summed E-state index contributed by atoms with van der Waals surface area (Å²) in [6.07, 6.45) is -1.95. The maximum atomic E-state index is 10.9. The first kappa shape index (κ1) is 14.0. The Morgan fingerprint density at radius 3 is 1.50 bits per heavy atom. The highest BCUT2D eigenvalue weighted by Gasteiger charge is 2.27. The van der Waals surface area contributed by atoms with Gasteiger partial charge in [0.2, 0.25) is 25.3 Å². The van der Waals surface area contributed by atoms with Crippen LogP contribution in [0.5, 0.6) is 0 Å². The first-order valence-electron chi connectivity index (χ1n) is 4.35. The van der Waals surface area contributed by atoms with Crippen molar-refractivity contribution < 1.29 is 24.6 Å². The van der Waals surface area contributed by atoms with Crippen LogP contribution < -0.4 is 0 Å². The number of rotatable bonds is 8.